The minimum atomic E-state index is -0.272. The summed E-state index contributed by atoms with van der Waals surface area (Å²) in [5.41, 5.74) is 1.08. The van der Waals surface area contributed by atoms with Crippen LogP contribution in [0.15, 0.2) is 18.2 Å². The van der Waals surface area contributed by atoms with E-state index in [2.05, 4.69) is 4.90 Å². The van der Waals surface area contributed by atoms with Crippen LogP contribution < -0.4 is 9.47 Å². The summed E-state index contributed by atoms with van der Waals surface area (Å²) in [7, 11) is 4.92. The van der Waals surface area contributed by atoms with E-state index in [0.29, 0.717) is 62.5 Å². The van der Waals surface area contributed by atoms with E-state index < -0.39 is 0 Å². The first-order valence-electron chi connectivity index (χ1n) is 13.5. The molecule has 8 nitrogen and oxygen atoms in total. The topological polar surface area (TPSA) is 71.6 Å². The van der Waals surface area contributed by atoms with Crippen LogP contribution in [0, 0.1) is 11.8 Å². The van der Waals surface area contributed by atoms with E-state index in [-0.39, 0.29) is 17.7 Å². The summed E-state index contributed by atoms with van der Waals surface area (Å²) < 4.78 is 16.1. The molecule has 0 N–H and O–H groups in total. The second kappa shape index (κ2) is 12.8. The van der Waals surface area contributed by atoms with E-state index in [4.69, 9.17) is 14.2 Å². The third-order valence-electron chi connectivity index (χ3n) is 8.24. The third kappa shape index (κ3) is 6.32. The average Bonchev–Trinajstić information content (AvgIpc) is 3.29. The van der Waals surface area contributed by atoms with Gasteiger partial charge in [-0.2, -0.15) is 0 Å². The van der Waals surface area contributed by atoms with E-state index >= 15 is 0 Å². The van der Waals surface area contributed by atoms with E-state index in [1.807, 2.05) is 28.0 Å². The second-order valence-electron chi connectivity index (χ2n) is 10.5. The molecule has 0 spiro atoms. The minimum Gasteiger partial charge on any atom is -0.493 e. The molecule has 36 heavy (non-hydrogen) atoms. The number of hydrogen-bond donors (Lipinski definition) is 0. The molecule has 3 aliphatic rings. The predicted molar refractivity (Wildman–Crippen MR) is 138 cm³/mol. The molecule has 3 heterocycles. The number of carbonyl (C=O) groups is 2. The van der Waals surface area contributed by atoms with Gasteiger partial charge in [-0.15, -0.1) is 0 Å². The summed E-state index contributed by atoms with van der Waals surface area (Å²) in [6.45, 7) is 5.37. The third-order valence-corrected chi connectivity index (χ3v) is 8.24. The van der Waals surface area contributed by atoms with Gasteiger partial charge in [-0.25, -0.2) is 0 Å². The van der Waals surface area contributed by atoms with Gasteiger partial charge in [0.15, 0.2) is 11.5 Å². The summed E-state index contributed by atoms with van der Waals surface area (Å²) >= 11 is 0. The molecule has 0 saturated carbocycles. The van der Waals surface area contributed by atoms with Crippen molar-refractivity contribution < 1.29 is 23.8 Å². The predicted octanol–water partition coefficient (Wildman–Crippen LogP) is 2.83. The zero-order valence-corrected chi connectivity index (χ0v) is 22.2. The van der Waals surface area contributed by atoms with Gasteiger partial charge < -0.3 is 28.9 Å². The first-order valence-corrected chi connectivity index (χ1v) is 13.5. The molecule has 3 aliphatic heterocycles. The normalized spacial score (nSPS) is 24.5. The number of likely N-dealkylation sites (tertiary alicyclic amines) is 1. The van der Waals surface area contributed by atoms with Gasteiger partial charge in [0.1, 0.15) is 0 Å². The van der Waals surface area contributed by atoms with Gasteiger partial charge in [-0.3, -0.25) is 9.59 Å². The number of methoxy groups -OCH3 is 3. The highest BCUT2D eigenvalue weighted by Gasteiger charge is 2.39. The first-order chi connectivity index (χ1) is 17.5. The van der Waals surface area contributed by atoms with Crippen molar-refractivity contribution in [1.82, 2.24) is 14.7 Å². The number of amides is 2. The van der Waals surface area contributed by atoms with Crippen molar-refractivity contribution in [3.63, 3.8) is 0 Å². The fourth-order valence-electron chi connectivity index (χ4n) is 6.28. The Labute approximate surface area is 215 Å². The van der Waals surface area contributed by atoms with Gasteiger partial charge in [0.05, 0.1) is 26.7 Å². The van der Waals surface area contributed by atoms with Crippen LogP contribution in [0.5, 0.6) is 11.5 Å². The van der Waals surface area contributed by atoms with E-state index in [9.17, 15) is 9.59 Å². The Bertz CT molecular complexity index is 892. The van der Waals surface area contributed by atoms with Crippen molar-refractivity contribution in [2.75, 3.05) is 67.2 Å². The zero-order chi connectivity index (χ0) is 25.5. The standard InChI is InChI=1S/C28H43N3O5/c1-34-16-15-31(19-22-7-6-13-29-12-5-4-8-24(22)29)28(33)23-18-27(32)30(20-23)14-11-21-9-10-25(35-2)26(17-21)36-3/h9-10,17,22-24H,4-8,11-16,18-20H2,1-3H3/t22-,23?,24+/m0/s1. The molecule has 200 valence electrons. The van der Waals surface area contributed by atoms with Crippen molar-refractivity contribution in [2.24, 2.45) is 11.8 Å². The molecular weight excluding hydrogens is 458 g/mol. The number of piperidine rings is 2. The van der Waals surface area contributed by atoms with E-state index in [1.165, 1.54) is 45.2 Å². The average molecular weight is 502 g/mol. The Hall–Kier alpha value is -2.32. The number of nitrogens with zero attached hydrogens (tertiary/aromatic N) is 3. The molecule has 0 aliphatic carbocycles. The molecular formula is C28H43N3O5. The number of fused-ring (bicyclic) bond motifs is 1. The Morgan fingerprint density at radius 2 is 1.86 bits per heavy atom. The number of ether oxygens (including phenoxy) is 3. The maximum Gasteiger partial charge on any atom is 0.228 e. The Morgan fingerprint density at radius 3 is 2.64 bits per heavy atom. The molecule has 1 unspecified atom stereocenters. The van der Waals surface area contributed by atoms with Crippen LogP contribution in [-0.2, 0) is 20.7 Å². The lowest BCUT2D eigenvalue weighted by Crippen LogP contribution is -2.52. The fourth-order valence-corrected chi connectivity index (χ4v) is 6.28. The smallest absolute Gasteiger partial charge is 0.228 e. The molecule has 8 heteroatoms. The highest BCUT2D eigenvalue weighted by atomic mass is 16.5. The van der Waals surface area contributed by atoms with E-state index in [1.54, 1.807) is 21.3 Å². The molecule has 0 aromatic heterocycles. The largest absolute Gasteiger partial charge is 0.493 e. The van der Waals surface area contributed by atoms with Crippen LogP contribution in [0.2, 0.25) is 0 Å². The van der Waals surface area contributed by atoms with Crippen LogP contribution in [0.3, 0.4) is 0 Å². The highest BCUT2D eigenvalue weighted by Crippen LogP contribution is 2.32. The fraction of sp³-hybridized carbons (Fsp3) is 0.714. The molecule has 1 aromatic carbocycles. The molecule has 2 amide bonds. The number of carbonyl (C=O) groups excluding carboxylic acids is 2. The van der Waals surface area contributed by atoms with Crippen molar-refractivity contribution in [3.05, 3.63) is 23.8 Å². The Balaban J connectivity index is 1.36. The number of benzene rings is 1. The summed E-state index contributed by atoms with van der Waals surface area (Å²) in [6.07, 6.45) is 7.21. The number of rotatable bonds is 11. The first kappa shape index (κ1) is 26.7. The lowest BCUT2D eigenvalue weighted by atomic mass is 9.83. The molecule has 4 rings (SSSR count). The summed E-state index contributed by atoms with van der Waals surface area (Å²) in [4.78, 5) is 33.0. The summed E-state index contributed by atoms with van der Waals surface area (Å²) in [6, 6.07) is 6.43. The van der Waals surface area contributed by atoms with Gasteiger partial charge in [0, 0.05) is 45.8 Å². The summed E-state index contributed by atoms with van der Waals surface area (Å²) in [5, 5.41) is 0. The van der Waals surface area contributed by atoms with Crippen LogP contribution in [0.4, 0.5) is 0 Å². The SMILES string of the molecule is COCCN(C[C@@H]1CCCN2CCCC[C@H]12)C(=O)C1CC(=O)N(CCc2ccc(OC)c(OC)c2)C1. The van der Waals surface area contributed by atoms with Gasteiger partial charge in [0.2, 0.25) is 11.8 Å². The van der Waals surface area contributed by atoms with Gasteiger partial charge in [-0.1, -0.05) is 12.5 Å². The Morgan fingerprint density at radius 1 is 1.06 bits per heavy atom. The van der Waals surface area contributed by atoms with Crippen molar-refractivity contribution >= 4 is 11.8 Å². The molecule has 1 aromatic rings. The van der Waals surface area contributed by atoms with E-state index in [0.717, 1.165) is 12.1 Å². The molecule has 0 bridgehead atoms. The molecule has 3 fully saturated rings. The van der Waals surface area contributed by atoms with Crippen molar-refractivity contribution in [1.29, 1.82) is 0 Å². The maximum absolute atomic E-state index is 13.7. The lowest BCUT2D eigenvalue weighted by molar-refractivity contribution is -0.137. The summed E-state index contributed by atoms with van der Waals surface area (Å²) in [5.74, 6) is 1.79. The van der Waals surface area contributed by atoms with Crippen LogP contribution in [0.25, 0.3) is 0 Å². The number of hydrogen-bond acceptors (Lipinski definition) is 6. The van der Waals surface area contributed by atoms with Gasteiger partial charge in [-0.05, 0) is 68.8 Å². The highest BCUT2D eigenvalue weighted by molar-refractivity contribution is 5.89. The molecule has 3 atom stereocenters. The Kier molecular flexibility index (Phi) is 9.48. The maximum atomic E-state index is 13.7. The van der Waals surface area contributed by atoms with Crippen LogP contribution in [-0.4, -0.2) is 99.8 Å². The van der Waals surface area contributed by atoms with Crippen molar-refractivity contribution in [3.8, 4) is 11.5 Å². The van der Waals surface area contributed by atoms with Gasteiger partial charge in [0.25, 0.3) is 0 Å². The quantitative estimate of drug-likeness (QED) is 0.464. The zero-order valence-electron chi connectivity index (χ0n) is 22.2. The molecule has 0 radical (unpaired) electrons. The minimum absolute atomic E-state index is 0.0663. The van der Waals surface area contributed by atoms with Crippen molar-refractivity contribution in [2.45, 2.75) is 51.0 Å². The van der Waals surface area contributed by atoms with Gasteiger partial charge >= 0.3 is 0 Å². The lowest BCUT2D eigenvalue weighted by Gasteiger charge is -2.46. The second-order valence-corrected chi connectivity index (χ2v) is 10.5. The molecule has 3 saturated heterocycles. The monoisotopic (exact) mass is 501 g/mol. The van der Waals surface area contributed by atoms with Crippen LogP contribution in [0.1, 0.15) is 44.1 Å². The van der Waals surface area contributed by atoms with Crippen LogP contribution >= 0.6 is 0 Å².